The van der Waals surface area contributed by atoms with Gasteiger partial charge in [0, 0.05) is 13.0 Å². The quantitative estimate of drug-likeness (QED) is 0.570. The van der Waals surface area contributed by atoms with Crippen molar-refractivity contribution in [1.82, 2.24) is 4.90 Å². The fourth-order valence-corrected chi connectivity index (χ4v) is 0.846. The minimum atomic E-state index is -0.203. The maximum Gasteiger partial charge on any atom is 0.302 e. The van der Waals surface area contributed by atoms with E-state index in [2.05, 4.69) is 11.8 Å². The van der Waals surface area contributed by atoms with Crippen molar-refractivity contribution in [2.45, 2.75) is 26.3 Å². The third-order valence-corrected chi connectivity index (χ3v) is 1.68. The molecule has 1 atom stereocenters. The number of esters is 1. The van der Waals surface area contributed by atoms with E-state index in [9.17, 15) is 4.79 Å². The van der Waals surface area contributed by atoms with Crippen LogP contribution in [0.1, 0.15) is 20.3 Å². The maximum absolute atomic E-state index is 10.4. The van der Waals surface area contributed by atoms with E-state index < -0.39 is 0 Å². The smallest absolute Gasteiger partial charge is 0.302 e. The average molecular weight is 159 g/mol. The third-order valence-electron chi connectivity index (χ3n) is 1.68. The van der Waals surface area contributed by atoms with E-state index in [4.69, 9.17) is 4.74 Å². The fraction of sp³-hybridized carbons (Fsp3) is 0.875. The van der Waals surface area contributed by atoms with Gasteiger partial charge in [0.1, 0.15) is 6.61 Å². The molecule has 0 aliphatic carbocycles. The van der Waals surface area contributed by atoms with Crippen molar-refractivity contribution < 1.29 is 9.53 Å². The van der Waals surface area contributed by atoms with Crippen LogP contribution in [0.2, 0.25) is 0 Å². The van der Waals surface area contributed by atoms with Crippen LogP contribution in [0, 0.1) is 0 Å². The van der Waals surface area contributed by atoms with Gasteiger partial charge < -0.3 is 9.64 Å². The summed E-state index contributed by atoms with van der Waals surface area (Å²) in [4.78, 5) is 12.5. The molecule has 0 saturated heterocycles. The van der Waals surface area contributed by atoms with E-state index in [-0.39, 0.29) is 5.97 Å². The lowest BCUT2D eigenvalue weighted by molar-refractivity contribution is -0.142. The molecule has 0 radical (unpaired) electrons. The van der Waals surface area contributed by atoms with Gasteiger partial charge in [-0.3, -0.25) is 4.79 Å². The number of carbonyl (C=O) groups is 1. The highest BCUT2D eigenvalue weighted by Gasteiger charge is 2.09. The van der Waals surface area contributed by atoms with Gasteiger partial charge >= 0.3 is 5.97 Å². The number of hydrogen-bond acceptors (Lipinski definition) is 3. The van der Waals surface area contributed by atoms with Crippen molar-refractivity contribution in [1.29, 1.82) is 0 Å². The van der Waals surface area contributed by atoms with Gasteiger partial charge in [0.15, 0.2) is 0 Å². The van der Waals surface area contributed by atoms with Crippen LogP contribution in [0.15, 0.2) is 0 Å². The normalized spacial score (nSPS) is 13.2. The number of ether oxygens (including phenoxy) is 1. The van der Waals surface area contributed by atoms with Crippen molar-refractivity contribution in [3.05, 3.63) is 0 Å². The standard InChI is InChI=1S/C8H17NO2/c1-5-8(9(3)4)6-11-7(2)10/h8H,5-6H2,1-4H3. The highest BCUT2D eigenvalue weighted by atomic mass is 16.5. The van der Waals surface area contributed by atoms with Crippen LogP contribution in [-0.4, -0.2) is 37.6 Å². The first-order chi connectivity index (χ1) is 5.07. The lowest BCUT2D eigenvalue weighted by atomic mass is 10.2. The molecular formula is C8H17NO2. The van der Waals surface area contributed by atoms with Crippen molar-refractivity contribution in [2.75, 3.05) is 20.7 Å². The molecule has 0 spiro atoms. The lowest BCUT2D eigenvalue weighted by Gasteiger charge is -2.21. The largest absolute Gasteiger partial charge is 0.464 e. The summed E-state index contributed by atoms with van der Waals surface area (Å²) < 4.78 is 4.88. The van der Waals surface area contributed by atoms with Gasteiger partial charge in [-0.2, -0.15) is 0 Å². The lowest BCUT2D eigenvalue weighted by Crippen LogP contribution is -2.32. The predicted octanol–water partition coefficient (Wildman–Crippen LogP) is 0.890. The first-order valence-electron chi connectivity index (χ1n) is 3.87. The van der Waals surface area contributed by atoms with E-state index in [0.717, 1.165) is 6.42 Å². The van der Waals surface area contributed by atoms with Crippen molar-refractivity contribution in [3.63, 3.8) is 0 Å². The molecule has 0 fully saturated rings. The van der Waals surface area contributed by atoms with Crippen LogP contribution >= 0.6 is 0 Å². The van der Waals surface area contributed by atoms with Gasteiger partial charge in [0.2, 0.25) is 0 Å². The van der Waals surface area contributed by atoms with Crippen molar-refractivity contribution in [3.8, 4) is 0 Å². The van der Waals surface area contributed by atoms with Gasteiger partial charge in [-0.1, -0.05) is 6.92 Å². The first kappa shape index (κ1) is 10.4. The monoisotopic (exact) mass is 159 g/mol. The minimum absolute atomic E-state index is 0.203. The number of likely N-dealkylation sites (N-methyl/N-ethyl adjacent to an activating group) is 1. The number of carbonyl (C=O) groups excluding carboxylic acids is 1. The Kier molecular flexibility index (Phi) is 4.86. The summed E-state index contributed by atoms with van der Waals surface area (Å²) in [5, 5.41) is 0. The van der Waals surface area contributed by atoms with Crippen LogP contribution in [0.3, 0.4) is 0 Å². The van der Waals surface area contributed by atoms with E-state index >= 15 is 0 Å². The Labute approximate surface area is 68.3 Å². The Morgan fingerprint density at radius 1 is 1.55 bits per heavy atom. The molecule has 0 N–H and O–H groups in total. The summed E-state index contributed by atoms with van der Waals surface area (Å²) in [5.41, 5.74) is 0. The first-order valence-corrected chi connectivity index (χ1v) is 3.87. The second kappa shape index (κ2) is 5.13. The molecule has 11 heavy (non-hydrogen) atoms. The summed E-state index contributed by atoms with van der Waals surface area (Å²) in [6.45, 7) is 4.01. The predicted molar refractivity (Wildman–Crippen MR) is 44.4 cm³/mol. The Bertz CT molecular complexity index is 123. The third kappa shape index (κ3) is 4.79. The zero-order valence-corrected chi connectivity index (χ0v) is 7.76. The van der Waals surface area contributed by atoms with E-state index in [1.54, 1.807) is 0 Å². The molecule has 0 aliphatic heterocycles. The van der Waals surface area contributed by atoms with Gasteiger partial charge in [-0.05, 0) is 20.5 Å². The summed E-state index contributed by atoms with van der Waals surface area (Å²) >= 11 is 0. The summed E-state index contributed by atoms with van der Waals surface area (Å²) in [5.74, 6) is -0.203. The van der Waals surface area contributed by atoms with Crippen molar-refractivity contribution in [2.24, 2.45) is 0 Å². The molecule has 0 amide bonds. The van der Waals surface area contributed by atoms with Gasteiger partial charge in [-0.25, -0.2) is 0 Å². The summed E-state index contributed by atoms with van der Waals surface area (Å²) in [6.07, 6.45) is 1.00. The topological polar surface area (TPSA) is 29.5 Å². The maximum atomic E-state index is 10.4. The molecule has 0 bridgehead atoms. The van der Waals surface area contributed by atoms with Gasteiger partial charge in [0.05, 0.1) is 0 Å². The summed E-state index contributed by atoms with van der Waals surface area (Å²) in [7, 11) is 3.97. The molecule has 0 saturated carbocycles. The van der Waals surface area contributed by atoms with Gasteiger partial charge in [0.25, 0.3) is 0 Å². The van der Waals surface area contributed by atoms with Crippen LogP contribution in [0.4, 0.5) is 0 Å². The zero-order chi connectivity index (χ0) is 8.85. The molecular weight excluding hydrogens is 142 g/mol. The van der Waals surface area contributed by atoms with Crippen LogP contribution < -0.4 is 0 Å². The zero-order valence-electron chi connectivity index (χ0n) is 7.76. The Morgan fingerprint density at radius 3 is 2.36 bits per heavy atom. The second-order valence-corrected chi connectivity index (χ2v) is 2.83. The SMILES string of the molecule is CCC(COC(C)=O)N(C)C. The average Bonchev–Trinajstić information content (AvgIpc) is 1.87. The minimum Gasteiger partial charge on any atom is -0.464 e. The highest BCUT2D eigenvalue weighted by Crippen LogP contribution is 1.99. The molecule has 0 rings (SSSR count). The molecule has 0 aromatic heterocycles. The van der Waals surface area contributed by atoms with Crippen LogP contribution in [0.25, 0.3) is 0 Å². The number of hydrogen-bond donors (Lipinski definition) is 0. The van der Waals surface area contributed by atoms with E-state index in [1.807, 2.05) is 14.1 Å². The molecule has 0 heterocycles. The number of rotatable bonds is 4. The molecule has 0 aromatic rings. The molecule has 0 aromatic carbocycles. The van der Waals surface area contributed by atoms with Crippen molar-refractivity contribution >= 4 is 5.97 Å². The molecule has 3 heteroatoms. The molecule has 1 unspecified atom stereocenters. The molecule has 0 aliphatic rings. The Morgan fingerprint density at radius 2 is 2.09 bits per heavy atom. The van der Waals surface area contributed by atoms with E-state index in [0.29, 0.717) is 12.6 Å². The van der Waals surface area contributed by atoms with Crippen LogP contribution in [0.5, 0.6) is 0 Å². The number of nitrogens with zero attached hydrogens (tertiary/aromatic N) is 1. The van der Waals surface area contributed by atoms with E-state index in [1.165, 1.54) is 6.92 Å². The van der Waals surface area contributed by atoms with Gasteiger partial charge in [-0.15, -0.1) is 0 Å². The Balaban J connectivity index is 3.61. The fourth-order valence-electron chi connectivity index (χ4n) is 0.846. The highest BCUT2D eigenvalue weighted by molar-refractivity contribution is 5.65. The molecule has 66 valence electrons. The summed E-state index contributed by atoms with van der Waals surface area (Å²) in [6, 6.07) is 0.346. The Hall–Kier alpha value is -0.570. The second-order valence-electron chi connectivity index (χ2n) is 2.83. The molecule has 3 nitrogen and oxygen atoms in total. The van der Waals surface area contributed by atoms with Crippen LogP contribution in [-0.2, 0) is 9.53 Å².